The lowest BCUT2D eigenvalue weighted by Crippen LogP contribution is -2.00. The summed E-state index contributed by atoms with van der Waals surface area (Å²) < 4.78 is 0. The third-order valence-corrected chi connectivity index (χ3v) is 4.67. The van der Waals surface area contributed by atoms with Crippen molar-refractivity contribution >= 4 is 39.8 Å². The number of carbonyl (C=O) groups is 1. The van der Waals surface area contributed by atoms with Crippen LogP contribution in [0.5, 0.6) is 0 Å². The zero-order valence-electron chi connectivity index (χ0n) is 11.9. The molecule has 112 valence electrons. The Morgan fingerprint density at radius 1 is 1.13 bits per heavy atom. The molecule has 0 fully saturated rings. The summed E-state index contributed by atoms with van der Waals surface area (Å²) in [4.78, 5) is 20.2. The Labute approximate surface area is 141 Å². The van der Waals surface area contributed by atoms with Crippen LogP contribution in [-0.2, 0) is 0 Å². The van der Waals surface area contributed by atoms with Crippen molar-refractivity contribution in [1.82, 2.24) is 9.97 Å². The minimum absolute atomic E-state index is 0.0443. The second kappa shape index (κ2) is 5.65. The molecular formula is C18H11ClN2OS. The van der Waals surface area contributed by atoms with Crippen LogP contribution in [0.3, 0.4) is 0 Å². The summed E-state index contributed by atoms with van der Waals surface area (Å²) in [6.45, 7) is 0. The largest absolute Gasteiger partial charge is 0.345 e. The van der Waals surface area contributed by atoms with Crippen LogP contribution in [0.2, 0.25) is 5.02 Å². The molecule has 0 aliphatic heterocycles. The highest BCUT2D eigenvalue weighted by atomic mass is 35.5. The summed E-state index contributed by atoms with van der Waals surface area (Å²) in [5.41, 5.74) is 4.04. The second-order valence-corrected chi connectivity index (χ2v) is 6.39. The molecule has 23 heavy (non-hydrogen) atoms. The molecule has 3 aromatic heterocycles. The summed E-state index contributed by atoms with van der Waals surface area (Å²) in [5, 5.41) is 5.53. The van der Waals surface area contributed by atoms with Crippen molar-refractivity contribution in [2.75, 3.05) is 0 Å². The number of nitrogens with zero attached hydrogens (tertiary/aromatic N) is 1. The number of ketones is 1. The molecule has 0 aliphatic carbocycles. The van der Waals surface area contributed by atoms with Gasteiger partial charge in [-0.1, -0.05) is 11.6 Å². The number of rotatable bonds is 3. The number of H-pyrrole nitrogens is 1. The lowest BCUT2D eigenvalue weighted by atomic mass is 10.0. The number of aromatic nitrogens is 2. The fraction of sp³-hybridized carbons (Fsp3) is 0. The van der Waals surface area contributed by atoms with Crippen LogP contribution in [0, 0.1) is 0 Å². The quantitative estimate of drug-likeness (QED) is 0.523. The van der Waals surface area contributed by atoms with Crippen LogP contribution in [-0.4, -0.2) is 15.8 Å². The third-order valence-electron chi connectivity index (χ3n) is 3.74. The first-order chi connectivity index (χ1) is 11.2. The van der Waals surface area contributed by atoms with Gasteiger partial charge in [0.25, 0.3) is 0 Å². The molecule has 4 aromatic rings. The van der Waals surface area contributed by atoms with E-state index in [9.17, 15) is 4.79 Å². The van der Waals surface area contributed by atoms with E-state index in [1.807, 2.05) is 23.7 Å². The van der Waals surface area contributed by atoms with E-state index in [0.717, 1.165) is 16.5 Å². The van der Waals surface area contributed by atoms with Gasteiger partial charge in [0, 0.05) is 39.5 Å². The molecule has 0 spiro atoms. The van der Waals surface area contributed by atoms with E-state index in [1.54, 1.807) is 41.8 Å². The highest BCUT2D eigenvalue weighted by Gasteiger charge is 2.15. The summed E-state index contributed by atoms with van der Waals surface area (Å²) >= 11 is 7.52. The van der Waals surface area contributed by atoms with Crippen LogP contribution < -0.4 is 0 Å². The molecule has 5 heteroatoms. The van der Waals surface area contributed by atoms with E-state index in [0.29, 0.717) is 21.8 Å². The Hall–Kier alpha value is -2.43. The highest BCUT2D eigenvalue weighted by molar-refractivity contribution is 7.08. The number of hydrogen-bond acceptors (Lipinski definition) is 3. The number of hydrogen-bond donors (Lipinski definition) is 1. The van der Waals surface area contributed by atoms with Gasteiger partial charge in [0.05, 0.1) is 0 Å². The number of carbonyl (C=O) groups excluding carboxylic acids is 1. The van der Waals surface area contributed by atoms with Gasteiger partial charge in [-0.3, -0.25) is 4.79 Å². The maximum absolute atomic E-state index is 12.7. The molecule has 0 saturated carbocycles. The smallest absolute Gasteiger partial charge is 0.195 e. The predicted molar refractivity (Wildman–Crippen MR) is 94.3 cm³/mol. The van der Waals surface area contributed by atoms with Crippen LogP contribution in [0.4, 0.5) is 0 Å². The number of benzene rings is 1. The average Bonchev–Trinajstić information content (AvgIpc) is 3.24. The fourth-order valence-corrected chi connectivity index (χ4v) is 3.33. The van der Waals surface area contributed by atoms with Crippen LogP contribution >= 0.6 is 22.9 Å². The lowest BCUT2D eigenvalue weighted by Gasteiger charge is -2.02. The molecular weight excluding hydrogens is 328 g/mol. The van der Waals surface area contributed by atoms with Gasteiger partial charge in [0.15, 0.2) is 5.78 Å². The average molecular weight is 339 g/mol. The van der Waals surface area contributed by atoms with Crippen LogP contribution in [0.1, 0.15) is 15.9 Å². The van der Waals surface area contributed by atoms with E-state index < -0.39 is 0 Å². The van der Waals surface area contributed by atoms with Gasteiger partial charge in [-0.05, 0) is 52.7 Å². The van der Waals surface area contributed by atoms with E-state index in [4.69, 9.17) is 11.6 Å². The summed E-state index contributed by atoms with van der Waals surface area (Å²) in [7, 11) is 0. The standard InChI is InChI=1S/C18H11ClN2OS/c19-14-3-1-11(2-4-14)17(22)16-9-21-18-15(16)7-13(8-20-18)12-5-6-23-10-12/h1-10H,(H,20,21). The zero-order valence-corrected chi connectivity index (χ0v) is 13.5. The molecule has 0 radical (unpaired) electrons. The Morgan fingerprint density at radius 2 is 1.96 bits per heavy atom. The molecule has 1 aromatic carbocycles. The van der Waals surface area contributed by atoms with Gasteiger partial charge in [0.1, 0.15) is 5.65 Å². The van der Waals surface area contributed by atoms with Crippen LogP contribution in [0.25, 0.3) is 22.2 Å². The van der Waals surface area contributed by atoms with E-state index in [1.165, 1.54) is 0 Å². The first-order valence-corrected chi connectivity index (χ1v) is 8.34. The number of aromatic amines is 1. The molecule has 3 nitrogen and oxygen atoms in total. The van der Waals surface area contributed by atoms with E-state index in [2.05, 4.69) is 15.3 Å². The van der Waals surface area contributed by atoms with Crippen molar-refractivity contribution in [3.63, 3.8) is 0 Å². The molecule has 0 saturated heterocycles. The first kappa shape index (κ1) is 14.2. The summed E-state index contributed by atoms with van der Waals surface area (Å²) in [6, 6.07) is 11.0. The van der Waals surface area contributed by atoms with Gasteiger partial charge < -0.3 is 4.98 Å². The minimum atomic E-state index is -0.0443. The number of pyridine rings is 1. The Bertz CT molecular complexity index is 988. The summed E-state index contributed by atoms with van der Waals surface area (Å²) in [5.74, 6) is -0.0443. The molecule has 0 aliphatic rings. The second-order valence-electron chi connectivity index (χ2n) is 5.17. The number of fused-ring (bicyclic) bond motifs is 1. The van der Waals surface area contributed by atoms with Crippen molar-refractivity contribution < 1.29 is 4.79 Å². The number of halogens is 1. The van der Waals surface area contributed by atoms with E-state index in [-0.39, 0.29) is 5.78 Å². The topological polar surface area (TPSA) is 45.8 Å². The van der Waals surface area contributed by atoms with Crippen molar-refractivity contribution in [1.29, 1.82) is 0 Å². The molecule has 0 bridgehead atoms. The molecule has 1 N–H and O–H groups in total. The first-order valence-electron chi connectivity index (χ1n) is 7.02. The van der Waals surface area contributed by atoms with Gasteiger partial charge in [-0.15, -0.1) is 0 Å². The molecule has 0 atom stereocenters. The SMILES string of the molecule is O=C(c1ccc(Cl)cc1)c1c[nH]c2ncc(-c3ccsc3)cc12. The third kappa shape index (κ3) is 2.56. The predicted octanol–water partition coefficient (Wildman–Crippen LogP) is 5.18. The maximum Gasteiger partial charge on any atom is 0.195 e. The van der Waals surface area contributed by atoms with Gasteiger partial charge in [-0.2, -0.15) is 11.3 Å². The number of nitrogens with one attached hydrogen (secondary N) is 1. The minimum Gasteiger partial charge on any atom is -0.345 e. The van der Waals surface area contributed by atoms with Crippen molar-refractivity contribution in [3.05, 3.63) is 75.7 Å². The Morgan fingerprint density at radius 3 is 2.70 bits per heavy atom. The molecule has 3 heterocycles. The maximum atomic E-state index is 12.7. The Balaban J connectivity index is 1.82. The molecule has 0 amide bonds. The van der Waals surface area contributed by atoms with Crippen molar-refractivity contribution in [2.45, 2.75) is 0 Å². The van der Waals surface area contributed by atoms with E-state index >= 15 is 0 Å². The normalized spacial score (nSPS) is 11.0. The molecule has 0 unspecified atom stereocenters. The molecule has 4 rings (SSSR count). The zero-order chi connectivity index (χ0) is 15.8. The van der Waals surface area contributed by atoms with Crippen molar-refractivity contribution in [2.24, 2.45) is 0 Å². The van der Waals surface area contributed by atoms with Gasteiger partial charge >= 0.3 is 0 Å². The van der Waals surface area contributed by atoms with Gasteiger partial charge in [-0.25, -0.2) is 4.98 Å². The van der Waals surface area contributed by atoms with Crippen LogP contribution in [0.15, 0.2) is 59.6 Å². The Kier molecular flexibility index (Phi) is 3.48. The highest BCUT2D eigenvalue weighted by Crippen LogP contribution is 2.27. The monoisotopic (exact) mass is 338 g/mol. The van der Waals surface area contributed by atoms with Gasteiger partial charge in [0.2, 0.25) is 0 Å². The lowest BCUT2D eigenvalue weighted by molar-refractivity contribution is 0.104. The number of thiophene rings is 1. The van der Waals surface area contributed by atoms with Crippen molar-refractivity contribution in [3.8, 4) is 11.1 Å². The fourth-order valence-electron chi connectivity index (χ4n) is 2.53. The summed E-state index contributed by atoms with van der Waals surface area (Å²) in [6.07, 6.45) is 3.53.